The Hall–Kier alpha value is -2.83. The second kappa shape index (κ2) is 8.27. The van der Waals surface area contributed by atoms with E-state index in [9.17, 15) is 9.90 Å². The number of halogens is 1. The summed E-state index contributed by atoms with van der Waals surface area (Å²) in [6, 6.07) is 17.2. The molecule has 1 aliphatic rings. The number of piperazine rings is 1. The van der Waals surface area contributed by atoms with E-state index >= 15 is 0 Å². The van der Waals surface area contributed by atoms with Crippen LogP contribution in [0.4, 0.5) is 5.69 Å². The predicted molar refractivity (Wildman–Crippen MR) is 112 cm³/mol. The quantitative estimate of drug-likeness (QED) is 0.702. The van der Waals surface area contributed by atoms with Crippen molar-refractivity contribution in [3.8, 4) is 11.3 Å². The van der Waals surface area contributed by atoms with Gasteiger partial charge in [0.1, 0.15) is 5.69 Å². The molecular weight excluding hydrogens is 390 g/mol. The molecule has 1 N–H and O–H groups in total. The molecular formula is C22H22ClN3O3. The average molecular weight is 412 g/mol. The van der Waals surface area contributed by atoms with Crippen LogP contribution in [0.2, 0.25) is 5.02 Å². The van der Waals surface area contributed by atoms with Gasteiger partial charge in [-0.05, 0) is 31.2 Å². The molecule has 3 aromatic rings. The summed E-state index contributed by atoms with van der Waals surface area (Å²) in [5, 5.41) is 15.0. The van der Waals surface area contributed by atoms with E-state index in [1.807, 2.05) is 18.2 Å². The molecule has 0 saturated carbocycles. The van der Waals surface area contributed by atoms with Crippen LogP contribution in [0.5, 0.6) is 0 Å². The minimum atomic E-state index is -0.892. The second-order valence-corrected chi connectivity index (χ2v) is 7.51. The Balaban J connectivity index is 1.54. The van der Waals surface area contributed by atoms with Gasteiger partial charge in [-0.3, -0.25) is 4.79 Å². The highest BCUT2D eigenvalue weighted by Crippen LogP contribution is 2.32. The first kappa shape index (κ1) is 19.5. The highest BCUT2D eigenvalue weighted by Gasteiger charge is 2.31. The lowest BCUT2D eigenvalue weighted by Crippen LogP contribution is -2.48. The lowest BCUT2D eigenvalue weighted by molar-refractivity contribution is 0.0696. The molecule has 0 bridgehead atoms. The zero-order chi connectivity index (χ0) is 20.4. The summed E-state index contributed by atoms with van der Waals surface area (Å²) in [4.78, 5) is 17.1. The first-order chi connectivity index (χ1) is 14.0. The van der Waals surface area contributed by atoms with E-state index < -0.39 is 6.10 Å². The molecule has 1 fully saturated rings. The highest BCUT2D eigenvalue weighted by molar-refractivity contribution is 6.30. The van der Waals surface area contributed by atoms with Gasteiger partial charge in [-0.25, -0.2) is 0 Å². The molecule has 1 amide bonds. The van der Waals surface area contributed by atoms with Crippen LogP contribution >= 0.6 is 11.6 Å². The molecule has 1 aromatic heterocycles. The topological polar surface area (TPSA) is 69.8 Å². The Bertz CT molecular complexity index is 978. The van der Waals surface area contributed by atoms with Crippen LogP contribution in [0.15, 0.2) is 59.1 Å². The molecule has 7 heteroatoms. The van der Waals surface area contributed by atoms with Crippen LogP contribution in [0.1, 0.15) is 29.1 Å². The van der Waals surface area contributed by atoms with Gasteiger partial charge in [0.25, 0.3) is 5.91 Å². The Morgan fingerprint density at radius 1 is 1.07 bits per heavy atom. The first-order valence-corrected chi connectivity index (χ1v) is 9.95. The van der Waals surface area contributed by atoms with Gasteiger partial charge in [0, 0.05) is 42.5 Å². The normalized spacial score (nSPS) is 15.4. The second-order valence-electron chi connectivity index (χ2n) is 7.07. The summed E-state index contributed by atoms with van der Waals surface area (Å²) in [6.45, 7) is 4.22. The van der Waals surface area contributed by atoms with Gasteiger partial charge in [0.05, 0.1) is 11.7 Å². The lowest BCUT2D eigenvalue weighted by Gasteiger charge is -2.35. The third-order valence-electron chi connectivity index (χ3n) is 5.15. The summed E-state index contributed by atoms with van der Waals surface area (Å²) < 4.78 is 5.42. The maximum absolute atomic E-state index is 13.1. The van der Waals surface area contributed by atoms with Gasteiger partial charge in [-0.2, -0.15) is 0 Å². The Kier molecular flexibility index (Phi) is 5.56. The Labute approximate surface area is 174 Å². The number of carbonyl (C=O) groups excluding carboxylic acids is 1. The van der Waals surface area contributed by atoms with E-state index in [0.29, 0.717) is 29.4 Å². The van der Waals surface area contributed by atoms with Crippen LogP contribution in [0, 0.1) is 0 Å². The van der Waals surface area contributed by atoms with Gasteiger partial charge in [-0.15, -0.1) is 0 Å². The van der Waals surface area contributed by atoms with E-state index in [1.54, 1.807) is 36.1 Å². The number of carbonyl (C=O) groups is 1. The number of para-hydroxylation sites is 1. The zero-order valence-corrected chi connectivity index (χ0v) is 16.8. The molecule has 2 heterocycles. The number of rotatable bonds is 4. The minimum Gasteiger partial charge on any atom is -0.388 e. The van der Waals surface area contributed by atoms with E-state index in [2.05, 4.69) is 22.2 Å². The first-order valence-electron chi connectivity index (χ1n) is 9.57. The van der Waals surface area contributed by atoms with Gasteiger partial charge in [-0.1, -0.05) is 47.1 Å². The van der Waals surface area contributed by atoms with Crippen molar-refractivity contribution in [2.75, 3.05) is 31.1 Å². The third kappa shape index (κ3) is 3.99. The molecule has 0 aliphatic carbocycles. The highest BCUT2D eigenvalue weighted by atomic mass is 35.5. The molecule has 1 unspecified atom stereocenters. The molecule has 1 atom stereocenters. The molecule has 6 nitrogen and oxygen atoms in total. The summed E-state index contributed by atoms with van der Waals surface area (Å²) >= 11 is 5.96. The number of aliphatic hydroxyl groups excluding tert-OH is 1. The molecule has 0 radical (unpaired) electrons. The van der Waals surface area contributed by atoms with Crippen molar-refractivity contribution < 1.29 is 14.4 Å². The van der Waals surface area contributed by atoms with Gasteiger partial charge in [0.2, 0.25) is 5.76 Å². The SMILES string of the molecule is CC(O)c1c(-c2ccc(Cl)cc2)noc1C(=O)N1CCN(c2ccccc2)CC1. The Morgan fingerprint density at radius 3 is 2.34 bits per heavy atom. The summed E-state index contributed by atoms with van der Waals surface area (Å²) in [7, 11) is 0. The maximum Gasteiger partial charge on any atom is 0.293 e. The summed E-state index contributed by atoms with van der Waals surface area (Å²) in [6.07, 6.45) is -0.892. The van der Waals surface area contributed by atoms with Crippen molar-refractivity contribution in [1.29, 1.82) is 0 Å². The van der Waals surface area contributed by atoms with Crippen LogP contribution in [-0.4, -0.2) is 47.2 Å². The Morgan fingerprint density at radius 2 is 1.72 bits per heavy atom. The molecule has 1 aliphatic heterocycles. The monoisotopic (exact) mass is 411 g/mol. The van der Waals surface area contributed by atoms with Crippen molar-refractivity contribution in [2.24, 2.45) is 0 Å². The molecule has 0 spiro atoms. The molecule has 150 valence electrons. The summed E-state index contributed by atoms with van der Waals surface area (Å²) in [5.74, 6) is -0.153. The number of hydrogen-bond donors (Lipinski definition) is 1. The lowest BCUT2D eigenvalue weighted by atomic mass is 10.0. The number of nitrogens with zero attached hydrogens (tertiary/aromatic N) is 3. The van der Waals surface area contributed by atoms with Crippen molar-refractivity contribution in [2.45, 2.75) is 13.0 Å². The number of benzene rings is 2. The van der Waals surface area contributed by atoms with Crippen molar-refractivity contribution in [3.63, 3.8) is 0 Å². The molecule has 1 saturated heterocycles. The fourth-order valence-electron chi connectivity index (χ4n) is 3.61. The van der Waals surface area contributed by atoms with Gasteiger partial charge < -0.3 is 19.4 Å². The molecule has 2 aromatic carbocycles. The van der Waals surface area contributed by atoms with E-state index in [0.717, 1.165) is 24.3 Å². The summed E-state index contributed by atoms with van der Waals surface area (Å²) in [5.41, 5.74) is 2.75. The zero-order valence-electron chi connectivity index (χ0n) is 16.1. The van der Waals surface area contributed by atoms with Crippen LogP contribution < -0.4 is 4.90 Å². The van der Waals surface area contributed by atoms with Gasteiger partial charge >= 0.3 is 0 Å². The number of anilines is 1. The fourth-order valence-corrected chi connectivity index (χ4v) is 3.73. The molecule has 29 heavy (non-hydrogen) atoms. The smallest absolute Gasteiger partial charge is 0.293 e. The average Bonchev–Trinajstić information content (AvgIpc) is 3.20. The fraction of sp³-hybridized carbons (Fsp3) is 0.273. The number of amides is 1. The minimum absolute atomic E-state index is 0.0955. The van der Waals surface area contributed by atoms with E-state index in [-0.39, 0.29) is 11.7 Å². The van der Waals surface area contributed by atoms with Crippen molar-refractivity contribution in [3.05, 3.63) is 70.9 Å². The third-order valence-corrected chi connectivity index (χ3v) is 5.40. The number of hydrogen-bond acceptors (Lipinski definition) is 5. The predicted octanol–water partition coefficient (Wildman–Crippen LogP) is 4.01. The molecule has 4 rings (SSSR count). The van der Waals surface area contributed by atoms with Crippen LogP contribution in [0.25, 0.3) is 11.3 Å². The largest absolute Gasteiger partial charge is 0.388 e. The van der Waals surface area contributed by atoms with Crippen LogP contribution in [-0.2, 0) is 0 Å². The van der Waals surface area contributed by atoms with E-state index in [1.165, 1.54) is 0 Å². The van der Waals surface area contributed by atoms with E-state index in [4.69, 9.17) is 16.1 Å². The van der Waals surface area contributed by atoms with Crippen LogP contribution in [0.3, 0.4) is 0 Å². The maximum atomic E-state index is 13.1. The van der Waals surface area contributed by atoms with Crippen molar-refractivity contribution in [1.82, 2.24) is 10.1 Å². The van der Waals surface area contributed by atoms with Crippen molar-refractivity contribution >= 4 is 23.2 Å². The van der Waals surface area contributed by atoms with Gasteiger partial charge in [0.15, 0.2) is 0 Å². The standard InChI is InChI=1S/C22H22ClN3O3/c1-15(27)19-20(16-7-9-17(23)10-8-16)24-29-21(19)22(28)26-13-11-25(12-14-26)18-5-3-2-4-6-18/h2-10,15,27H,11-14H2,1H3. The number of aromatic nitrogens is 1. The number of aliphatic hydroxyl groups is 1.